The van der Waals surface area contributed by atoms with Gasteiger partial charge in [-0.25, -0.2) is 0 Å². The zero-order chi connectivity index (χ0) is 11.6. The van der Waals surface area contributed by atoms with Crippen LogP contribution in [0.4, 0.5) is 0 Å². The van der Waals surface area contributed by atoms with Gasteiger partial charge in [-0.2, -0.15) is 5.10 Å². The van der Waals surface area contributed by atoms with Gasteiger partial charge >= 0.3 is 5.97 Å². The molecule has 1 aromatic rings. The number of carbonyl (C=O) groups is 1. The van der Waals surface area contributed by atoms with Gasteiger partial charge in [0.1, 0.15) is 0 Å². The van der Waals surface area contributed by atoms with E-state index in [9.17, 15) is 4.79 Å². The summed E-state index contributed by atoms with van der Waals surface area (Å²) in [6.07, 6.45) is 4.12. The molecule has 1 atom stereocenters. The average molecular weight is 210 g/mol. The van der Waals surface area contributed by atoms with Gasteiger partial charge in [-0.05, 0) is 17.4 Å². The summed E-state index contributed by atoms with van der Waals surface area (Å²) < 4.78 is 1.69. The van der Waals surface area contributed by atoms with Crippen LogP contribution in [0.2, 0.25) is 0 Å². The second-order valence-electron chi connectivity index (χ2n) is 4.98. The molecule has 0 saturated heterocycles. The number of aliphatic carboxylic acids is 1. The molecule has 0 saturated carbocycles. The van der Waals surface area contributed by atoms with Crippen LogP contribution in [0.25, 0.3) is 0 Å². The van der Waals surface area contributed by atoms with Gasteiger partial charge < -0.3 is 5.11 Å². The third-order valence-electron chi connectivity index (χ3n) is 2.54. The molecule has 1 aromatic heterocycles. The van der Waals surface area contributed by atoms with Crippen LogP contribution >= 0.6 is 0 Å². The minimum atomic E-state index is -0.744. The highest BCUT2D eigenvalue weighted by Crippen LogP contribution is 2.29. The van der Waals surface area contributed by atoms with E-state index in [0.717, 1.165) is 5.56 Å². The smallest absolute Gasteiger partial charge is 0.307 e. The Balaban J connectivity index is 2.81. The Morgan fingerprint density at radius 3 is 2.53 bits per heavy atom. The zero-order valence-corrected chi connectivity index (χ0v) is 9.69. The van der Waals surface area contributed by atoms with Crippen molar-refractivity contribution in [2.24, 2.45) is 18.4 Å². The summed E-state index contributed by atoms with van der Waals surface area (Å²) in [4.78, 5) is 11.1. The van der Waals surface area contributed by atoms with Gasteiger partial charge in [0.15, 0.2) is 0 Å². The van der Waals surface area contributed by atoms with Crippen molar-refractivity contribution in [2.75, 3.05) is 0 Å². The van der Waals surface area contributed by atoms with Crippen molar-refractivity contribution in [3.05, 3.63) is 18.0 Å². The van der Waals surface area contributed by atoms with E-state index in [1.165, 1.54) is 0 Å². The Labute approximate surface area is 89.9 Å². The van der Waals surface area contributed by atoms with Crippen molar-refractivity contribution < 1.29 is 9.90 Å². The molecule has 0 fully saturated rings. The first-order chi connectivity index (χ1) is 6.80. The second kappa shape index (κ2) is 4.04. The van der Waals surface area contributed by atoms with Gasteiger partial charge in [0.2, 0.25) is 0 Å². The lowest BCUT2D eigenvalue weighted by Gasteiger charge is -2.26. The van der Waals surface area contributed by atoms with E-state index in [-0.39, 0.29) is 11.3 Å². The molecule has 0 aromatic carbocycles. The summed E-state index contributed by atoms with van der Waals surface area (Å²) >= 11 is 0. The van der Waals surface area contributed by atoms with Crippen molar-refractivity contribution in [3.63, 3.8) is 0 Å². The number of rotatable bonds is 3. The highest BCUT2D eigenvalue weighted by atomic mass is 16.4. The average Bonchev–Trinajstić information content (AvgIpc) is 2.44. The van der Waals surface area contributed by atoms with Crippen LogP contribution < -0.4 is 0 Å². The van der Waals surface area contributed by atoms with E-state index in [0.29, 0.717) is 6.42 Å². The zero-order valence-electron chi connectivity index (χ0n) is 9.69. The first kappa shape index (κ1) is 11.8. The van der Waals surface area contributed by atoms with Crippen molar-refractivity contribution in [2.45, 2.75) is 27.2 Å². The van der Waals surface area contributed by atoms with Crippen molar-refractivity contribution >= 4 is 5.97 Å². The summed E-state index contributed by atoms with van der Waals surface area (Å²) in [6, 6.07) is 0. The molecule has 0 aliphatic carbocycles. The Morgan fingerprint density at radius 1 is 1.60 bits per heavy atom. The molecule has 4 nitrogen and oxygen atoms in total. The fraction of sp³-hybridized carbons (Fsp3) is 0.636. The molecule has 0 spiro atoms. The number of hydrogen-bond acceptors (Lipinski definition) is 2. The molecule has 1 heterocycles. The monoisotopic (exact) mass is 210 g/mol. The van der Waals surface area contributed by atoms with Crippen LogP contribution in [0, 0.1) is 11.3 Å². The Kier molecular flexibility index (Phi) is 3.17. The van der Waals surface area contributed by atoms with Crippen LogP contribution in [0.15, 0.2) is 12.4 Å². The molecule has 15 heavy (non-hydrogen) atoms. The summed E-state index contributed by atoms with van der Waals surface area (Å²) in [5.41, 5.74) is 0.738. The number of carboxylic acids is 1. The molecular weight excluding hydrogens is 192 g/mol. The minimum Gasteiger partial charge on any atom is -0.481 e. The van der Waals surface area contributed by atoms with E-state index in [1.807, 2.05) is 34.0 Å². The Bertz CT molecular complexity index is 350. The summed E-state index contributed by atoms with van der Waals surface area (Å²) in [5, 5.41) is 13.2. The molecule has 0 bridgehead atoms. The largest absolute Gasteiger partial charge is 0.481 e. The van der Waals surface area contributed by atoms with E-state index in [1.54, 1.807) is 10.9 Å². The third kappa shape index (κ3) is 3.08. The predicted octanol–water partition coefficient (Wildman–Crippen LogP) is 1.71. The fourth-order valence-electron chi connectivity index (χ4n) is 1.58. The molecule has 1 N–H and O–H groups in total. The van der Waals surface area contributed by atoms with Gasteiger partial charge in [-0.3, -0.25) is 9.48 Å². The van der Waals surface area contributed by atoms with Crippen LogP contribution in [-0.4, -0.2) is 20.9 Å². The SMILES string of the molecule is Cn1cc(CC(C(=O)O)C(C)(C)C)cn1. The molecular formula is C11H18N2O2. The van der Waals surface area contributed by atoms with Crippen LogP contribution in [-0.2, 0) is 18.3 Å². The number of nitrogens with zero attached hydrogens (tertiary/aromatic N) is 2. The summed E-state index contributed by atoms with van der Waals surface area (Å²) in [7, 11) is 1.83. The topological polar surface area (TPSA) is 55.1 Å². The molecule has 0 amide bonds. The molecule has 0 aliphatic heterocycles. The lowest BCUT2D eigenvalue weighted by atomic mass is 9.78. The first-order valence-electron chi connectivity index (χ1n) is 5.01. The van der Waals surface area contributed by atoms with Crippen molar-refractivity contribution in [1.29, 1.82) is 0 Å². The van der Waals surface area contributed by atoms with E-state index >= 15 is 0 Å². The number of aryl methyl sites for hydroxylation is 1. The van der Waals surface area contributed by atoms with Crippen LogP contribution in [0.5, 0.6) is 0 Å². The maximum Gasteiger partial charge on any atom is 0.307 e. The Hall–Kier alpha value is -1.32. The maximum absolute atomic E-state index is 11.1. The number of carboxylic acid groups (broad SMARTS) is 1. The second-order valence-corrected chi connectivity index (χ2v) is 4.98. The molecule has 4 heteroatoms. The molecule has 1 unspecified atom stereocenters. The predicted molar refractivity (Wildman–Crippen MR) is 57.5 cm³/mol. The molecule has 0 radical (unpaired) electrons. The molecule has 0 aliphatic rings. The standard InChI is InChI=1S/C11H18N2O2/c1-11(2,3)9(10(14)15)5-8-6-12-13(4)7-8/h6-7,9H,5H2,1-4H3,(H,14,15). The normalized spacial score (nSPS) is 13.9. The van der Waals surface area contributed by atoms with E-state index < -0.39 is 5.97 Å². The minimum absolute atomic E-state index is 0.234. The van der Waals surface area contributed by atoms with Gasteiger partial charge in [-0.15, -0.1) is 0 Å². The summed E-state index contributed by atoms with van der Waals surface area (Å²) in [6.45, 7) is 5.84. The summed E-state index contributed by atoms with van der Waals surface area (Å²) in [5.74, 6) is -1.12. The molecule has 1 rings (SSSR count). The van der Waals surface area contributed by atoms with Crippen LogP contribution in [0.3, 0.4) is 0 Å². The van der Waals surface area contributed by atoms with Gasteiger partial charge in [-0.1, -0.05) is 20.8 Å². The number of hydrogen-bond donors (Lipinski definition) is 1. The van der Waals surface area contributed by atoms with Gasteiger partial charge in [0, 0.05) is 13.2 Å². The number of aromatic nitrogens is 2. The van der Waals surface area contributed by atoms with E-state index in [2.05, 4.69) is 5.10 Å². The van der Waals surface area contributed by atoms with Gasteiger partial charge in [0.05, 0.1) is 12.1 Å². The maximum atomic E-state index is 11.1. The van der Waals surface area contributed by atoms with E-state index in [4.69, 9.17) is 5.11 Å². The third-order valence-corrected chi connectivity index (χ3v) is 2.54. The highest BCUT2D eigenvalue weighted by Gasteiger charge is 2.31. The van der Waals surface area contributed by atoms with Crippen molar-refractivity contribution in [1.82, 2.24) is 9.78 Å². The first-order valence-corrected chi connectivity index (χ1v) is 5.01. The van der Waals surface area contributed by atoms with Crippen LogP contribution in [0.1, 0.15) is 26.3 Å². The Morgan fingerprint density at radius 2 is 2.20 bits per heavy atom. The quantitative estimate of drug-likeness (QED) is 0.826. The highest BCUT2D eigenvalue weighted by molar-refractivity contribution is 5.71. The van der Waals surface area contributed by atoms with Gasteiger partial charge in [0.25, 0.3) is 0 Å². The molecule has 84 valence electrons. The fourth-order valence-corrected chi connectivity index (χ4v) is 1.58. The van der Waals surface area contributed by atoms with Crippen molar-refractivity contribution in [3.8, 4) is 0 Å². The lowest BCUT2D eigenvalue weighted by molar-refractivity contribution is -0.145. The lowest BCUT2D eigenvalue weighted by Crippen LogP contribution is -2.30.